The van der Waals surface area contributed by atoms with E-state index >= 15 is 0 Å². The Hall–Kier alpha value is -1.80. The third kappa shape index (κ3) is 13.6. The summed E-state index contributed by atoms with van der Waals surface area (Å²) in [4.78, 5) is 27.2. The van der Waals surface area contributed by atoms with Crippen LogP contribution in [0.15, 0.2) is 81.8 Å². The molecule has 1 aliphatic carbocycles. The van der Waals surface area contributed by atoms with Gasteiger partial charge in [-0.25, -0.2) is 0 Å². The van der Waals surface area contributed by atoms with E-state index in [4.69, 9.17) is 22.6 Å². The summed E-state index contributed by atoms with van der Waals surface area (Å²) in [5, 5.41) is 4.08. The zero-order valence-electron chi connectivity index (χ0n) is 36.0. The van der Waals surface area contributed by atoms with Gasteiger partial charge in [-0.1, -0.05) is 0 Å². The van der Waals surface area contributed by atoms with E-state index in [9.17, 15) is 9.59 Å². The predicted octanol–water partition coefficient (Wildman–Crippen LogP) is 14.6. The molecule has 0 radical (unpaired) electrons. The molecule has 0 bridgehead atoms. The van der Waals surface area contributed by atoms with E-state index in [2.05, 4.69) is 41.5 Å². The molecule has 0 spiro atoms. The number of hydrogen-bond donors (Lipinski definition) is 0. The molecule has 4 nitrogen and oxygen atoms in total. The third-order valence-electron chi connectivity index (χ3n) is 13.1. The first-order chi connectivity index (χ1) is 26.6. The molecule has 0 heterocycles. The van der Waals surface area contributed by atoms with Gasteiger partial charge in [-0.2, -0.15) is 0 Å². The number of allylic oxidation sites excluding steroid dienone is 2. The predicted molar refractivity (Wildman–Crippen MR) is 240 cm³/mol. The number of ether oxygens (including phenoxy) is 2. The molecule has 0 N–H and O–H groups in total. The third-order valence-corrected chi connectivity index (χ3v) is 41.2. The van der Waals surface area contributed by atoms with Gasteiger partial charge >= 0.3 is 347 Å². The molecule has 1 fully saturated rings. The fourth-order valence-corrected chi connectivity index (χ4v) is 38.8. The van der Waals surface area contributed by atoms with Crippen molar-refractivity contribution >= 4 is 43.6 Å². The zero-order chi connectivity index (χ0) is 40.2. The Morgan fingerprint density at radius 1 is 0.600 bits per heavy atom. The summed E-state index contributed by atoms with van der Waals surface area (Å²) < 4.78 is 20.0. The average Bonchev–Trinajstić information content (AvgIpc) is 3.61. The SMILES string of the molecule is C=[C]([C@H]1CC(COC(=O)c2ccccc2)(COC(=O)c2ccccc2)C[C@@H]1[C](=C)[Sn]([CH2]CCC)([CH2]CCC)[CH2]CCC)[Ge]([CH2]CCC)([CH2]CCC)[CH2]CCC. The standard InChI is InChI=1S/C37H51GeO4.3C4H9.Sn/c1-6-10-23-38(24-11-7-2,25-12-8-3)30(5)34-27-37(26-31(34)9-4,28-41-35(39)32-19-15-13-16-20-32)29-42-36(40)33-21-17-14-18-22-33;3*1-3-4-2;/h13-22,31,34H,4-8,10-12,23-29H2,1-3H3;3*1,3-4H2,2H3;/t31-,34+;;;;/m0..../s1. The molecule has 3 rings (SSSR count). The normalized spacial score (nSPS) is 16.8. The van der Waals surface area contributed by atoms with Crippen LogP contribution in [0.3, 0.4) is 0 Å². The molecular weight excluding hydrogens is 844 g/mol. The van der Waals surface area contributed by atoms with E-state index < -0.39 is 37.1 Å². The summed E-state index contributed by atoms with van der Waals surface area (Å²) in [7, 11) is 0. The van der Waals surface area contributed by atoms with Crippen LogP contribution in [-0.4, -0.2) is 56.8 Å². The van der Waals surface area contributed by atoms with Crippen LogP contribution in [0.5, 0.6) is 0 Å². The van der Waals surface area contributed by atoms with Crippen LogP contribution in [0, 0.1) is 17.3 Å². The molecule has 0 aliphatic heterocycles. The van der Waals surface area contributed by atoms with Crippen molar-refractivity contribution in [1.82, 2.24) is 0 Å². The molecule has 0 saturated heterocycles. The van der Waals surface area contributed by atoms with Gasteiger partial charge in [0, 0.05) is 0 Å². The summed E-state index contributed by atoms with van der Waals surface area (Å²) >= 11 is -5.60. The fraction of sp³-hybridized carbons (Fsp3) is 0.633. The van der Waals surface area contributed by atoms with Gasteiger partial charge < -0.3 is 0 Å². The first-order valence-electron chi connectivity index (χ1n) is 22.4. The van der Waals surface area contributed by atoms with E-state index in [1.54, 1.807) is 7.99 Å². The van der Waals surface area contributed by atoms with Gasteiger partial charge in [0.05, 0.1) is 0 Å². The molecule has 2 atom stereocenters. The number of carbonyl (C=O) groups is 2. The van der Waals surface area contributed by atoms with Crippen LogP contribution in [-0.2, 0) is 9.47 Å². The monoisotopic (exact) mass is 924 g/mol. The second kappa shape index (κ2) is 24.9. The fourth-order valence-electron chi connectivity index (χ4n) is 9.65. The Bertz CT molecular complexity index is 1290. The minimum atomic E-state index is -2.96. The van der Waals surface area contributed by atoms with Crippen molar-refractivity contribution in [2.45, 2.75) is 161 Å². The topological polar surface area (TPSA) is 52.6 Å². The molecular formula is C49H78GeO4Sn. The van der Waals surface area contributed by atoms with Crippen molar-refractivity contribution in [2.24, 2.45) is 17.3 Å². The van der Waals surface area contributed by atoms with Crippen LogP contribution >= 0.6 is 0 Å². The number of esters is 2. The Kier molecular flexibility index (Phi) is 21.5. The van der Waals surface area contributed by atoms with E-state index in [0.29, 0.717) is 23.0 Å². The second-order valence-electron chi connectivity index (χ2n) is 17.2. The average molecular weight is 922 g/mol. The molecule has 1 saturated carbocycles. The van der Waals surface area contributed by atoms with Crippen molar-refractivity contribution in [1.29, 1.82) is 0 Å². The first kappa shape index (κ1) is 47.6. The summed E-state index contributed by atoms with van der Waals surface area (Å²) in [5.41, 5.74) is 0.600. The maximum atomic E-state index is 13.6. The quantitative estimate of drug-likeness (QED) is 0.0630. The van der Waals surface area contributed by atoms with Crippen LogP contribution in [0.25, 0.3) is 0 Å². The molecule has 55 heavy (non-hydrogen) atoms. The summed E-state index contributed by atoms with van der Waals surface area (Å²) in [6.07, 6.45) is 16.8. The van der Waals surface area contributed by atoms with Crippen molar-refractivity contribution in [3.63, 3.8) is 0 Å². The van der Waals surface area contributed by atoms with Gasteiger partial charge in [0.15, 0.2) is 0 Å². The van der Waals surface area contributed by atoms with Gasteiger partial charge in [-0.15, -0.1) is 0 Å². The molecule has 2 aromatic carbocycles. The summed E-state index contributed by atoms with van der Waals surface area (Å²) in [6.45, 7) is 25.1. The Morgan fingerprint density at radius 2 is 0.964 bits per heavy atom. The molecule has 6 heteroatoms. The van der Waals surface area contributed by atoms with Crippen molar-refractivity contribution in [2.75, 3.05) is 13.2 Å². The molecule has 0 amide bonds. The number of unbranched alkanes of at least 4 members (excludes halogenated alkanes) is 6. The molecule has 0 aromatic heterocycles. The van der Waals surface area contributed by atoms with Gasteiger partial charge in [0.2, 0.25) is 0 Å². The van der Waals surface area contributed by atoms with Gasteiger partial charge in [-0.3, -0.25) is 0 Å². The van der Waals surface area contributed by atoms with E-state index in [0.717, 1.165) is 12.8 Å². The minimum absolute atomic E-state index is 0.233. The Morgan fingerprint density at radius 3 is 1.33 bits per heavy atom. The van der Waals surface area contributed by atoms with E-state index in [-0.39, 0.29) is 25.2 Å². The number of carbonyl (C=O) groups excluding carboxylic acids is 2. The zero-order valence-corrected chi connectivity index (χ0v) is 41.0. The van der Waals surface area contributed by atoms with Gasteiger partial charge in [0.25, 0.3) is 0 Å². The molecule has 0 unspecified atom stereocenters. The van der Waals surface area contributed by atoms with Crippen molar-refractivity contribution < 1.29 is 19.1 Å². The van der Waals surface area contributed by atoms with Crippen LogP contribution in [0.1, 0.15) is 152 Å². The second-order valence-corrected chi connectivity index (χ2v) is 40.5. The van der Waals surface area contributed by atoms with E-state index in [1.165, 1.54) is 106 Å². The first-order valence-corrected chi connectivity index (χ1v) is 35.4. The Labute approximate surface area is 344 Å². The van der Waals surface area contributed by atoms with Crippen molar-refractivity contribution in [3.8, 4) is 0 Å². The molecule has 2 aromatic rings. The van der Waals surface area contributed by atoms with Crippen LogP contribution < -0.4 is 0 Å². The summed E-state index contributed by atoms with van der Waals surface area (Å²) in [6, 6.07) is 18.7. The molecule has 1 aliphatic rings. The Balaban J connectivity index is 2.21. The van der Waals surface area contributed by atoms with Crippen LogP contribution in [0.2, 0.25) is 29.1 Å². The number of rotatable bonds is 28. The summed E-state index contributed by atoms with van der Waals surface area (Å²) in [5.74, 6) is -0.0232. The number of benzene rings is 2. The number of hydrogen-bond acceptors (Lipinski definition) is 4. The maximum absolute atomic E-state index is 13.6. The van der Waals surface area contributed by atoms with Gasteiger partial charge in [0.1, 0.15) is 0 Å². The van der Waals surface area contributed by atoms with E-state index in [1.807, 2.05) is 60.7 Å². The molecule has 306 valence electrons. The van der Waals surface area contributed by atoms with Gasteiger partial charge in [-0.05, 0) is 0 Å². The van der Waals surface area contributed by atoms with Crippen LogP contribution in [0.4, 0.5) is 0 Å². The van der Waals surface area contributed by atoms with Crippen molar-refractivity contribution in [3.05, 3.63) is 92.9 Å².